The van der Waals surface area contributed by atoms with Crippen molar-refractivity contribution in [3.05, 3.63) is 27.7 Å². The minimum absolute atomic E-state index is 0.449. The van der Waals surface area contributed by atoms with E-state index >= 15 is 0 Å². The van der Waals surface area contributed by atoms with Crippen LogP contribution < -0.4 is 4.74 Å². The lowest BCUT2D eigenvalue weighted by Gasteiger charge is -2.23. The molecule has 1 aliphatic carbocycles. The second-order valence-electron chi connectivity index (χ2n) is 4.21. The molecular weight excluding hydrogens is 247 g/mol. The van der Waals surface area contributed by atoms with E-state index in [4.69, 9.17) is 27.9 Å². The van der Waals surface area contributed by atoms with Crippen LogP contribution in [-0.2, 0) is 5.60 Å². The van der Waals surface area contributed by atoms with Crippen molar-refractivity contribution in [2.24, 2.45) is 0 Å². The van der Waals surface area contributed by atoms with E-state index in [-0.39, 0.29) is 0 Å². The first-order valence-corrected chi connectivity index (χ1v) is 6.08. The molecule has 0 atom stereocenters. The Morgan fingerprint density at radius 2 is 1.69 bits per heavy atom. The van der Waals surface area contributed by atoms with Gasteiger partial charge < -0.3 is 9.84 Å². The molecule has 0 bridgehead atoms. The standard InChI is InChI=1S/C12H14Cl2O2/c1-16-11-9(13)6-8(7-10(11)14)12(15)4-2-3-5-12/h6-7,15H,2-5H2,1H3. The van der Waals surface area contributed by atoms with Crippen LogP contribution in [0.5, 0.6) is 5.75 Å². The zero-order chi connectivity index (χ0) is 11.8. The minimum atomic E-state index is -0.764. The Balaban J connectivity index is 2.43. The average Bonchev–Trinajstić information content (AvgIpc) is 2.66. The molecule has 16 heavy (non-hydrogen) atoms. The third-order valence-electron chi connectivity index (χ3n) is 3.17. The van der Waals surface area contributed by atoms with E-state index in [9.17, 15) is 5.11 Å². The van der Waals surface area contributed by atoms with Crippen molar-refractivity contribution < 1.29 is 9.84 Å². The number of methoxy groups -OCH3 is 1. The van der Waals surface area contributed by atoms with Gasteiger partial charge in [-0.1, -0.05) is 36.0 Å². The molecule has 1 saturated carbocycles. The maximum atomic E-state index is 10.4. The summed E-state index contributed by atoms with van der Waals surface area (Å²) in [5.74, 6) is 0.466. The van der Waals surface area contributed by atoms with Gasteiger partial charge in [0.25, 0.3) is 0 Å². The molecule has 0 amide bonds. The first kappa shape index (κ1) is 12.0. The zero-order valence-corrected chi connectivity index (χ0v) is 10.6. The van der Waals surface area contributed by atoms with Crippen LogP contribution in [0.1, 0.15) is 31.2 Å². The molecule has 0 heterocycles. The van der Waals surface area contributed by atoms with E-state index in [1.54, 1.807) is 12.1 Å². The summed E-state index contributed by atoms with van der Waals surface area (Å²) < 4.78 is 5.08. The Bertz CT molecular complexity index is 375. The Hall–Kier alpha value is -0.440. The fraction of sp³-hybridized carbons (Fsp3) is 0.500. The Morgan fingerprint density at radius 3 is 2.12 bits per heavy atom. The van der Waals surface area contributed by atoms with Crippen molar-refractivity contribution >= 4 is 23.2 Å². The van der Waals surface area contributed by atoms with Gasteiger partial charge in [-0.05, 0) is 30.5 Å². The largest absolute Gasteiger partial charge is 0.494 e. The van der Waals surface area contributed by atoms with Crippen LogP contribution in [0.25, 0.3) is 0 Å². The third-order valence-corrected chi connectivity index (χ3v) is 3.73. The normalized spacial score (nSPS) is 18.8. The first-order chi connectivity index (χ1) is 7.57. The Kier molecular flexibility index (Phi) is 3.34. The van der Waals surface area contributed by atoms with Gasteiger partial charge in [0, 0.05) is 0 Å². The molecule has 2 nitrogen and oxygen atoms in total. The zero-order valence-electron chi connectivity index (χ0n) is 9.09. The van der Waals surface area contributed by atoms with E-state index in [2.05, 4.69) is 0 Å². The molecule has 1 aromatic rings. The predicted octanol–water partition coefficient (Wildman–Crippen LogP) is 3.76. The van der Waals surface area contributed by atoms with Crippen molar-refractivity contribution in [3.63, 3.8) is 0 Å². The smallest absolute Gasteiger partial charge is 0.156 e. The Labute approximate surface area is 105 Å². The van der Waals surface area contributed by atoms with E-state index in [0.717, 1.165) is 31.2 Å². The molecule has 2 rings (SSSR count). The lowest BCUT2D eigenvalue weighted by molar-refractivity contribution is 0.0444. The van der Waals surface area contributed by atoms with Gasteiger partial charge in [-0.3, -0.25) is 0 Å². The predicted molar refractivity (Wildman–Crippen MR) is 65.4 cm³/mol. The molecule has 4 heteroatoms. The molecule has 0 saturated heterocycles. The van der Waals surface area contributed by atoms with Gasteiger partial charge in [0.05, 0.1) is 22.8 Å². The van der Waals surface area contributed by atoms with E-state index in [1.807, 2.05) is 0 Å². The van der Waals surface area contributed by atoms with Crippen LogP contribution in [0.2, 0.25) is 10.0 Å². The number of hydrogen-bond donors (Lipinski definition) is 1. The van der Waals surface area contributed by atoms with E-state index in [0.29, 0.717) is 15.8 Å². The summed E-state index contributed by atoms with van der Waals surface area (Å²) in [5.41, 5.74) is 0.0281. The molecule has 0 aromatic heterocycles. The molecule has 1 N–H and O–H groups in total. The van der Waals surface area contributed by atoms with Gasteiger partial charge in [0.1, 0.15) is 0 Å². The van der Waals surface area contributed by atoms with Crippen LogP contribution in [0.3, 0.4) is 0 Å². The van der Waals surface area contributed by atoms with Crippen molar-refractivity contribution in [2.45, 2.75) is 31.3 Å². The highest BCUT2D eigenvalue weighted by atomic mass is 35.5. The summed E-state index contributed by atoms with van der Waals surface area (Å²) in [6.45, 7) is 0. The fourth-order valence-electron chi connectivity index (χ4n) is 2.27. The number of aliphatic hydroxyl groups is 1. The number of hydrogen-bond acceptors (Lipinski definition) is 2. The lowest BCUT2D eigenvalue weighted by atomic mass is 9.92. The van der Waals surface area contributed by atoms with Crippen LogP contribution in [-0.4, -0.2) is 12.2 Å². The van der Waals surface area contributed by atoms with E-state index in [1.165, 1.54) is 7.11 Å². The summed E-state index contributed by atoms with van der Waals surface area (Å²) in [4.78, 5) is 0. The molecule has 0 unspecified atom stereocenters. The summed E-state index contributed by atoms with van der Waals surface area (Å²) >= 11 is 12.1. The van der Waals surface area contributed by atoms with Gasteiger partial charge >= 0.3 is 0 Å². The second-order valence-corrected chi connectivity index (χ2v) is 5.03. The monoisotopic (exact) mass is 260 g/mol. The van der Waals surface area contributed by atoms with Crippen LogP contribution in [0.4, 0.5) is 0 Å². The average molecular weight is 261 g/mol. The maximum absolute atomic E-state index is 10.4. The molecule has 88 valence electrons. The number of rotatable bonds is 2. The topological polar surface area (TPSA) is 29.5 Å². The molecule has 0 radical (unpaired) electrons. The maximum Gasteiger partial charge on any atom is 0.156 e. The molecule has 1 aliphatic rings. The number of benzene rings is 1. The van der Waals surface area contributed by atoms with Gasteiger partial charge in [-0.2, -0.15) is 0 Å². The highest BCUT2D eigenvalue weighted by Crippen LogP contribution is 2.43. The first-order valence-electron chi connectivity index (χ1n) is 5.33. The minimum Gasteiger partial charge on any atom is -0.494 e. The molecular formula is C12H14Cl2O2. The van der Waals surface area contributed by atoms with Crippen LogP contribution in [0.15, 0.2) is 12.1 Å². The number of ether oxygens (including phenoxy) is 1. The van der Waals surface area contributed by atoms with Gasteiger partial charge in [-0.15, -0.1) is 0 Å². The van der Waals surface area contributed by atoms with Gasteiger partial charge in [0.2, 0.25) is 0 Å². The lowest BCUT2D eigenvalue weighted by Crippen LogP contribution is -2.20. The van der Waals surface area contributed by atoms with E-state index < -0.39 is 5.60 Å². The second kappa shape index (κ2) is 4.44. The van der Waals surface area contributed by atoms with Crippen molar-refractivity contribution in [1.29, 1.82) is 0 Å². The summed E-state index contributed by atoms with van der Waals surface area (Å²) in [6, 6.07) is 3.50. The SMILES string of the molecule is COc1c(Cl)cc(C2(O)CCCC2)cc1Cl. The van der Waals surface area contributed by atoms with Gasteiger partial charge in [-0.25, -0.2) is 0 Å². The van der Waals surface area contributed by atoms with Crippen molar-refractivity contribution in [2.75, 3.05) is 7.11 Å². The summed E-state index contributed by atoms with van der Waals surface area (Å²) in [5, 5.41) is 11.3. The van der Waals surface area contributed by atoms with Crippen LogP contribution in [0, 0.1) is 0 Å². The molecule has 0 spiro atoms. The summed E-state index contributed by atoms with van der Waals surface area (Å²) in [7, 11) is 1.52. The van der Waals surface area contributed by atoms with Crippen molar-refractivity contribution in [3.8, 4) is 5.75 Å². The Morgan fingerprint density at radius 1 is 1.19 bits per heavy atom. The highest BCUT2D eigenvalue weighted by molar-refractivity contribution is 6.37. The third kappa shape index (κ3) is 2.02. The summed E-state index contributed by atoms with van der Waals surface area (Å²) in [6.07, 6.45) is 3.62. The number of halogens is 2. The van der Waals surface area contributed by atoms with Crippen LogP contribution >= 0.6 is 23.2 Å². The van der Waals surface area contributed by atoms with Crippen molar-refractivity contribution in [1.82, 2.24) is 0 Å². The molecule has 0 aliphatic heterocycles. The van der Waals surface area contributed by atoms with Gasteiger partial charge in [0.15, 0.2) is 5.75 Å². The molecule has 1 aromatic carbocycles. The highest BCUT2D eigenvalue weighted by Gasteiger charge is 2.33. The molecule has 1 fully saturated rings. The fourth-order valence-corrected chi connectivity index (χ4v) is 2.91. The quantitative estimate of drug-likeness (QED) is 0.878.